The smallest absolute Gasteiger partial charge is 0.160 e. The summed E-state index contributed by atoms with van der Waals surface area (Å²) in [5.74, 6) is 0.711. The first kappa shape index (κ1) is 36.9. The number of benzene rings is 10. The van der Waals surface area contributed by atoms with Crippen LogP contribution in [0.3, 0.4) is 0 Å². The van der Waals surface area contributed by atoms with Crippen LogP contribution < -0.4 is 0 Å². The maximum Gasteiger partial charge on any atom is 0.160 e. The van der Waals surface area contributed by atoms with Crippen LogP contribution in [0.1, 0.15) is 30.0 Å². The van der Waals surface area contributed by atoms with Crippen molar-refractivity contribution in [1.29, 1.82) is 0 Å². The van der Waals surface area contributed by atoms with Gasteiger partial charge in [-0.1, -0.05) is 140 Å². The predicted octanol–water partition coefficient (Wildman–Crippen LogP) is 16.4. The highest BCUT2D eigenvalue weighted by Crippen LogP contribution is 2.43. The van der Waals surface area contributed by atoms with E-state index in [-0.39, 0.29) is 5.92 Å². The van der Waals surface area contributed by atoms with Crippen molar-refractivity contribution in [3.63, 3.8) is 0 Å². The summed E-state index contributed by atoms with van der Waals surface area (Å²) in [5, 5.41) is 13.7. The Hall–Kier alpha value is -8.54. The molecule has 0 radical (unpaired) electrons. The summed E-state index contributed by atoms with van der Waals surface area (Å²) in [6.07, 6.45) is 3.03. The molecule has 1 atom stereocenters. The van der Waals surface area contributed by atoms with Gasteiger partial charge >= 0.3 is 0 Å². The fraction of sp³-hybridized carbons (Fsp3) is 0.0492. The lowest BCUT2D eigenvalue weighted by Gasteiger charge is -2.19. The summed E-state index contributed by atoms with van der Waals surface area (Å²) in [4.78, 5) is 11.3. The van der Waals surface area contributed by atoms with Crippen LogP contribution in [0.4, 0.5) is 0 Å². The molecule has 0 saturated heterocycles. The molecule has 0 amide bonds. The second kappa shape index (κ2) is 14.2. The Kier molecular flexibility index (Phi) is 7.96. The van der Waals surface area contributed by atoms with E-state index >= 15 is 0 Å². The monoisotopic (exact) mass is 845 g/mol. The molecule has 0 aliphatic carbocycles. The number of fused-ring (bicyclic) bond motifs is 12. The van der Waals surface area contributed by atoms with E-state index in [1.54, 1.807) is 0 Å². The SMILES string of the molecule is CC1C/C=C(c2ccc3c(c2)oc2ccccc23)/N=C(c2ccc(-n3c4cc5ccccc5cc4c4cc5ccccc5cc43)c3oc4ccccc4c23)\N=C/1c1ccc2ccccc2c1. The van der Waals surface area contributed by atoms with E-state index in [9.17, 15) is 0 Å². The molecule has 5 heteroatoms. The summed E-state index contributed by atoms with van der Waals surface area (Å²) in [5.41, 5.74) is 11.3. The third-order valence-electron chi connectivity index (χ3n) is 13.8. The number of hydrogen-bond acceptors (Lipinski definition) is 4. The maximum absolute atomic E-state index is 7.09. The molecule has 0 fully saturated rings. The van der Waals surface area contributed by atoms with Crippen molar-refractivity contribution < 1.29 is 8.83 Å². The molecule has 1 aliphatic rings. The lowest BCUT2D eigenvalue weighted by atomic mass is 9.92. The number of para-hydroxylation sites is 2. The van der Waals surface area contributed by atoms with Crippen LogP contribution in [0.5, 0.6) is 0 Å². The first-order valence-electron chi connectivity index (χ1n) is 22.7. The summed E-state index contributed by atoms with van der Waals surface area (Å²) < 4.78 is 15.9. The standard InChI is InChI=1S/C61H39N3O2/c1-36-22-28-51(43-25-26-46-45-18-8-10-20-55(45)65-57(46)35-43)62-61(63-59(36)44-24-23-37-12-2-3-13-38(37)30-44)48-27-29-52(60-58(48)47-19-9-11-21-56(47)66-60)64-53-33-41-16-6-4-14-39(41)31-49(53)50-32-40-15-5-7-17-42(40)34-54(50)64/h2-21,23-36H,22H2,1H3/b51-28+,62-61-,63-59+. The van der Waals surface area contributed by atoms with Crippen LogP contribution in [0.25, 0.3) is 109 Å². The third-order valence-corrected chi connectivity index (χ3v) is 13.8. The molecule has 10 aromatic carbocycles. The van der Waals surface area contributed by atoms with Crippen molar-refractivity contribution in [3.05, 3.63) is 217 Å². The minimum atomic E-state index is 0.0831. The van der Waals surface area contributed by atoms with Gasteiger partial charge in [0.25, 0.3) is 0 Å². The van der Waals surface area contributed by atoms with Gasteiger partial charge in [-0.2, -0.15) is 0 Å². The fourth-order valence-electron chi connectivity index (χ4n) is 10.5. The van der Waals surface area contributed by atoms with Gasteiger partial charge in [0.1, 0.15) is 16.7 Å². The van der Waals surface area contributed by atoms with E-state index in [0.29, 0.717) is 5.84 Å². The maximum atomic E-state index is 7.09. The number of amidine groups is 1. The number of rotatable bonds is 4. The van der Waals surface area contributed by atoms with Gasteiger partial charge in [0.05, 0.1) is 28.1 Å². The molecule has 66 heavy (non-hydrogen) atoms. The van der Waals surface area contributed by atoms with E-state index in [1.807, 2.05) is 18.2 Å². The highest BCUT2D eigenvalue weighted by Gasteiger charge is 2.25. The molecular weight excluding hydrogens is 807 g/mol. The van der Waals surface area contributed by atoms with Crippen molar-refractivity contribution in [3.8, 4) is 5.69 Å². The topological polar surface area (TPSA) is 55.9 Å². The summed E-state index contributed by atoms with van der Waals surface area (Å²) in [6.45, 7) is 2.27. The normalized spacial score (nSPS) is 17.2. The van der Waals surface area contributed by atoms with E-state index < -0.39 is 0 Å². The average Bonchev–Trinajstić information content (AvgIpc) is 4.03. The Morgan fingerprint density at radius 2 is 1.03 bits per heavy atom. The Labute approximate surface area is 378 Å². The van der Waals surface area contributed by atoms with Crippen LogP contribution in [0.2, 0.25) is 0 Å². The van der Waals surface area contributed by atoms with Crippen molar-refractivity contribution in [2.45, 2.75) is 13.3 Å². The molecule has 4 heterocycles. The number of aromatic nitrogens is 1. The van der Waals surface area contributed by atoms with Gasteiger partial charge < -0.3 is 13.4 Å². The Balaban J connectivity index is 1.05. The van der Waals surface area contributed by atoms with Gasteiger partial charge in [-0.05, 0) is 111 Å². The zero-order valence-corrected chi connectivity index (χ0v) is 36.0. The largest absolute Gasteiger partial charge is 0.456 e. The van der Waals surface area contributed by atoms with Crippen molar-refractivity contribution in [2.24, 2.45) is 15.9 Å². The second-order valence-corrected chi connectivity index (χ2v) is 17.7. The summed E-state index contributed by atoms with van der Waals surface area (Å²) >= 11 is 0. The highest BCUT2D eigenvalue weighted by molar-refractivity contribution is 6.25. The molecule has 14 rings (SSSR count). The molecule has 0 bridgehead atoms. The lowest BCUT2D eigenvalue weighted by molar-refractivity contribution is 0.666. The molecule has 1 aliphatic heterocycles. The zero-order valence-electron chi connectivity index (χ0n) is 36.0. The van der Waals surface area contributed by atoms with Crippen LogP contribution in [-0.4, -0.2) is 16.1 Å². The van der Waals surface area contributed by atoms with E-state index in [1.165, 1.54) is 43.1 Å². The molecule has 310 valence electrons. The van der Waals surface area contributed by atoms with Gasteiger partial charge in [-0.25, -0.2) is 9.98 Å². The van der Waals surface area contributed by atoms with Gasteiger partial charge in [-0.15, -0.1) is 0 Å². The molecule has 1 unspecified atom stereocenters. The minimum absolute atomic E-state index is 0.0831. The summed E-state index contributed by atoms with van der Waals surface area (Å²) in [6, 6.07) is 69.2. The van der Waals surface area contributed by atoms with Gasteiger partial charge in [-0.3, -0.25) is 0 Å². The van der Waals surface area contributed by atoms with Gasteiger partial charge in [0.2, 0.25) is 0 Å². The van der Waals surface area contributed by atoms with Crippen molar-refractivity contribution in [2.75, 3.05) is 0 Å². The number of furan rings is 2. The van der Waals surface area contributed by atoms with Crippen LogP contribution >= 0.6 is 0 Å². The summed E-state index contributed by atoms with van der Waals surface area (Å²) in [7, 11) is 0. The quantitative estimate of drug-likeness (QED) is 0.177. The molecule has 13 aromatic rings. The Morgan fingerprint density at radius 3 is 1.74 bits per heavy atom. The Bertz CT molecular complexity index is 4200. The molecule has 3 aromatic heterocycles. The van der Waals surface area contributed by atoms with E-state index in [2.05, 4.69) is 193 Å². The first-order valence-corrected chi connectivity index (χ1v) is 22.7. The number of aliphatic imine (C=N–C) groups is 2. The van der Waals surface area contributed by atoms with E-state index in [0.717, 1.165) is 95.1 Å². The molecule has 0 N–H and O–H groups in total. The van der Waals surface area contributed by atoms with Gasteiger partial charge in [0.15, 0.2) is 11.4 Å². The van der Waals surface area contributed by atoms with Crippen molar-refractivity contribution >= 4 is 115 Å². The van der Waals surface area contributed by atoms with Crippen LogP contribution in [0, 0.1) is 5.92 Å². The van der Waals surface area contributed by atoms with E-state index in [4.69, 9.17) is 18.8 Å². The average molecular weight is 846 g/mol. The number of allylic oxidation sites excluding steroid dienone is 1. The molecule has 0 saturated carbocycles. The molecule has 5 nitrogen and oxygen atoms in total. The molecule has 0 spiro atoms. The number of nitrogens with zero attached hydrogens (tertiary/aromatic N) is 3. The van der Waals surface area contributed by atoms with Crippen molar-refractivity contribution in [1.82, 2.24) is 4.57 Å². The lowest BCUT2D eigenvalue weighted by Crippen LogP contribution is -2.17. The molecular formula is C61H39N3O2. The number of hydrogen-bond donors (Lipinski definition) is 0. The van der Waals surface area contributed by atoms with Crippen LogP contribution in [-0.2, 0) is 0 Å². The van der Waals surface area contributed by atoms with Gasteiger partial charge in [0, 0.05) is 49.4 Å². The highest BCUT2D eigenvalue weighted by atomic mass is 16.3. The second-order valence-electron chi connectivity index (χ2n) is 17.7. The fourth-order valence-corrected chi connectivity index (χ4v) is 10.5. The zero-order chi connectivity index (χ0) is 43.5. The van der Waals surface area contributed by atoms with Crippen LogP contribution in [0.15, 0.2) is 219 Å². The third kappa shape index (κ3) is 5.66. The minimum Gasteiger partial charge on any atom is -0.456 e. The predicted molar refractivity (Wildman–Crippen MR) is 276 cm³/mol. The Morgan fingerprint density at radius 1 is 0.455 bits per heavy atom. The first-order chi connectivity index (χ1) is 32.6.